The molecule has 0 radical (unpaired) electrons. The second-order valence-corrected chi connectivity index (χ2v) is 5.97. The van der Waals surface area contributed by atoms with Crippen LogP contribution < -0.4 is 0 Å². The zero-order valence-electron chi connectivity index (χ0n) is 11.9. The number of esters is 1. The van der Waals surface area contributed by atoms with E-state index in [1.165, 1.54) is 0 Å². The highest BCUT2D eigenvalue weighted by Crippen LogP contribution is 2.27. The molecular formula is C16H15BrN2O3. The Morgan fingerprint density at radius 2 is 2.23 bits per heavy atom. The molecule has 0 spiro atoms. The monoisotopic (exact) mass is 362 g/mol. The maximum absolute atomic E-state index is 11.7. The van der Waals surface area contributed by atoms with Crippen LogP contribution >= 0.6 is 15.9 Å². The minimum Gasteiger partial charge on any atom is -0.456 e. The third-order valence-corrected chi connectivity index (χ3v) is 4.16. The topological polar surface area (TPSA) is 65.2 Å². The van der Waals surface area contributed by atoms with Gasteiger partial charge in [0.25, 0.3) is 5.89 Å². The van der Waals surface area contributed by atoms with E-state index in [2.05, 4.69) is 38.3 Å². The summed E-state index contributed by atoms with van der Waals surface area (Å²) in [7, 11) is 0. The molecule has 1 aliphatic rings. The van der Waals surface area contributed by atoms with E-state index in [1.807, 2.05) is 24.3 Å². The summed E-state index contributed by atoms with van der Waals surface area (Å²) in [6, 6.07) is 7.57. The lowest BCUT2D eigenvalue weighted by Gasteiger charge is -2.06. The zero-order chi connectivity index (χ0) is 15.4. The Bertz CT molecular complexity index is 696. The van der Waals surface area contributed by atoms with Crippen LogP contribution in [-0.4, -0.2) is 16.2 Å². The van der Waals surface area contributed by atoms with Crippen LogP contribution in [0.2, 0.25) is 0 Å². The fraction of sp³-hybridized carbons (Fsp3) is 0.312. The minimum atomic E-state index is -0.239. The van der Waals surface area contributed by atoms with E-state index >= 15 is 0 Å². The summed E-state index contributed by atoms with van der Waals surface area (Å²) in [6.45, 7) is 0.00667. The molecular weight excluding hydrogens is 348 g/mol. The maximum atomic E-state index is 11.7. The molecule has 0 fully saturated rings. The Hall–Kier alpha value is -1.95. The van der Waals surface area contributed by atoms with Crippen molar-refractivity contribution < 1.29 is 13.9 Å². The fourth-order valence-electron chi connectivity index (χ4n) is 2.34. The van der Waals surface area contributed by atoms with E-state index < -0.39 is 0 Å². The first kappa shape index (κ1) is 15.0. The van der Waals surface area contributed by atoms with Gasteiger partial charge in [0, 0.05) is 4.47 Å². The number of benzene rings is 1. The van der Waals surface area contributed by atoms with E-state index in [0.717, 1.165) is 22.9 Å². The fourth-order valence-corrected chi connectivity index (χ4v) is 2.79. The van der Waals surface area contributed by atoms with Gasteiger partial charge in [0.15, 0.2) is 6.61 Å². The van der Waals surface area contributed by atoms with Crippen LogP contribution in [0.5, 0.6) is 0 Å². The van der Waals surface area contributed by atoms with Crippen LogP contribution in [-0.2, 0) is 16.1 Å². The minimum absolute atomic E-state index is 0.00667. The lowest BCUT2D eigenvalue weighted by molar-refractivity contribution is -0.146. The van der Waals surface area contributed by atoms with Gasteiger partial charge in [-0.2, -0.15) is 0 Å². The Balaban J connectivity index is 1.57. The second kappa shape index (κ2) is 6.87. The molecule has 1 heterocycles. The van der Waals surface area contributed by atoms with Crippen molar-refractivity contribution in [3.63, 3.8) is 0 Å². The lowest BCUT2D eigenvalue weighted by atomic mass is 10.1. The van der Waals surface area contributed by atoms with Crippen LogP contribution in [0.1, 0.15) is 25.2 Å². The molecule has 0 N–H and O–H groups in total. The van der Waals surface area contributed by atoms with Crippen molar-refractivity contribution in [3.8, 4) is 11.5 Å². The van der Waals surface area contributed by atoms with Crippen molar-refractivity contribution in [2.45, 2.75) is 25.9 Å². The smallest absolute Gasteiger partial charge is 0.306 e. The molecule has 114 valence electrons. The van der Waals surface area contributed by atoms with Crippen molar-refractivity contribution in [3.05, 3.63) is 46.8 Å². The summed E-state index contributed by atoms with van der Waals surface area (Å²) in [4.78, 5) is 11.7. The van der Waals surface area contributed by atoms with Crippen molar-refractivity contribution in [1.82, 2.24) is 10.2 Å². The molecule has 1 atom stereocenters. The summed E-state index contributed by atoms with van der Waals surface area (Å²) in [6.07, 6.45) is 6.62. The molecule has 5 nitrogen and oxygen atoms in total. The van der Waals surface area contributed by atoms with Crippen LogP contribution in [0, 0.1) is 5.92 Å². The number of allylic oxidation sites excluding steroid dienone is 2. The van der Waals surface area contributed by atoms with Crippen molar-refractivity contribution in [1.29, 1.82) is 0 Å². The third-order valence-electron chi connectivity index (χ3n) is 3.47. The van der Waals surface area contributed by atoms with Gasteiger partial charge in [0.05, 0.1) is 12.0 Å². The number of carbonyl (C=O) groups excluding carboxylic acids is 1. The highest BCUT2D eigenvalue weighted by atomic mass is 79.9. The predicted molar refractivity (Wildman–Crippen MR) is 83.7 cm³/mol. The Labute approximate surface area is 136 Å². The van der Waals surface area contributed by atoms with Crippen LogP contribution in [0.3, 0.4) is 0 Å². The van der Waals surface area contributed by atoms with E-state index in [0.29, 0.717) is 24.1 Å². The molecule has 2 aromatic rings. The van der Waals surface area contributed by atoms with Gasteiger partial charge in [0.2, 0.25) is 5.89 Å². The lowest BCUT2D eigenvalue weighted by Crippen LogP contribution is -2.09. The van der Waals surface area contributed by atoms with Crippen LogP contribution in [0.25, 0.3) is 11.5 Å². The zero-order valence-corrected chi connectivity index (χ0v) is 13.5. The number of nitrogens with zero attached hydrogens (tertiary/aromatic N) is 2. The Morgan fingerprint density at radius 3 is 3.00 bits per heavy atom. The maximum Gasteiger partial charge on any atom is 0.306 e. The molecule has 0 saturated heterocycles. The van der Waals surface area contributed by atoms with E-state index in [4.69, 9.17) is 9.15 Å². The number of aromatic nitrogens is 2. The van der Waals surface area contributed by atoms with Gasteiger partial charge >= 0.3 is 5.97 Å². The van der Waals surface area contributed by atoms with Crippen molar-refractivity contribution in [2.75, 3.05) is 0 Å². The number of rotatable bonds is 5. The van der Waals surface area contributed by atoms with Crippen molar-refractivity contribution in [2.24, 2.45) is 5.92 Å². The molecule has 6 heteroatoms. The SMILES string of the molecule is O=C(C[C@@H]1C=CCC1)OCc1nnc(-c2ccccc2Br)o1. The molecule has 0 bridgehead atoms. The van der Waals surface area contributed by atoms with E-state index in [-0.39, 0.29) is 12.6 Å². The largest absolute Gasteiger partial charge is 0.456 e. The Morgan fingerprint density at radius 1 is 1.36 bits per heavy atom. The molecule has 0 unspecified atom stereocenters. The number of hydrogen-bond acceptors (Lipinski definition) is 5. The second-order valence-electron chi connectivity index (χ2n) is 5.11. The van der Waals surface area contributed by atoms with Gasteiger partial charge in [-0.3, -0.25) is 4.79 Å². The first-order chi connectivity index (χ1) is 10.7. The van der Waals surface area contributed by atoms with Gasteiger partial charge in [-0.1, -0.05) is 24.3 Å². The molecule has 0 amide bonds. The average Bonchev–Trinajstić information content (AvgIpc) is 3.17. The van der Waals surface area contributed by atoms with Crippen molar-refractivity contribution >= 4 is 21.9 Å². The number of ether oxygens (including phenoxy) is 1. The molecule has 1 aromatic heterocycles. The first-order valence-corrected chi connectivity index (χ1v) is 7.91. The summed E-state index contributed by atoms with van der Waals surface area (Å²) < 4.78 is 11.6. The highest BCUT2D eigenvalue weighted by Gasteiger charge is 2.17. The summed E-state index contributed by atoms with van der Waals surface area (Å²) in [5.41, 5.74) is 0.809. The molecule has 1 aliphatic carbocycles. The van der Waals surface area contributed by atoms with Gasteiger partial charge in [-0.25, -0.2) is 0 Å². The third kappa shape index (κ3) is 3.62. The van der Waals surface area contributed by atoms with Gasteiger partial charge < -0.3 is 9.15 Å². The molecule has 1 aromatic carbocycles. The van der Waals surface area contributed by atoms with E-state index in [1.54, 1.807) is 0 Å². The summed E-state index contributed by atoms with van der Waals surface area (Å²) in [5, 5.41) is 7.89. The quantitative estimate of drug-likeness (QED) is 0.596. The number of hydrogen-bond donors (Lipinski definition) is 0. The number of halogens is 1. The van der Waals surface area contributed by atoms with Gasteiger partial charge in [-0.15, -0.1) is 10.2 Å². The first-order valence-electron chi connectivity index (χ1n) is 7.12. The molecule has 3 rings (SSSR count). The predicted octanol–water partition coefficient (Wildman–Crippen LogP) is 3.90. The molecule has 0 aliphatic heterocycles. The average molecular weight is 363 g/mol. The van der Waals surface area contributed by atoms with Gasteiger partial charge in [0.1, 0.15) is 0 Å². The Kier molecular flexibility index (Phi) is 4.68. The van der Waals surface area contributed by atoms with E-state index in [9.17, 15) is 4.79 Å². The van der Waals surface area contributed by atoms with Crippen LogP contribution in [0.4, 0.5) is 0 Å². The van der Waals surface area contributed by atoms with Crippen LogP contribution in [0.15, 0.2) is 45.3 Å². The standard InChI is InChI=1S/C16H15BrN2O3/c17-13-8-4-3-7-12(13)16-19-18-14(22-16)10-21-15(20)9-11-5-1-2-6-11/h1,3-5,7-8,11H,2,6,9-10H2/t11-/m1/s1. The highest BCUT2D eigenvalue weighted by molar-refractivity contribution is 9.10. The molecule has 0 saturated carbocycles. The normalized spacial score (nSPS) is 16.9. The van der Waals surface area contributed by atoms with Gasteiger partial charge in [-0.05, 0) is 46.8 Å². The number of carbonyl (C=O) groups is 1. The molecule has 22 heavy (non-hydrogen) atoms. The summed E-state index contributed by atoms with van der Waals surface area (Å²) in [5.74, 6) is 0.751. The summed E-state index contributed by atoms with van der Waals surface area (Å²) >= 11 is 3.43.